The Balaban J connectivity index is 1.61. The molecular weight excluding hydrogens is 409 g/mol. The molecule has 0 spiro atoms. The number of rotatable bonds is 10. The molecule has 8 N–H and O–H groups in total. The highest BCUT2D eigenvalue weighted by molar-refractivity contribution is 6.44. The van der Waals surface area contributed by atoms with Gasteiger partial charge in [0.15, 0.2) is 0 Å². The molecule has 3 atom stereocenters. The van der Waals surface area contributed by atoms with Crippen molar-refractivity contribution in [2.75, 3.05) is 32.8 Å². The fraction of sp³-hybridized carbons (Fsp3) is 0.579. The number of hydrogen-bond donors (Lipinski definition) is 7. The maximum absolute atomic E-state index is 12.1. The number of carbonyl (C=O) groups excluding carboxylic acids is 1. The van der Waals surface area contributed by atoms with Gasteiger partial charge in [-0.3, -0.25) is 9.69 Å². The molecule has 1 amide bonds. The van der Waals surface area contributed by atoms with Crippen LogP contribution in [0.25, 0.3) is 0 Å². The number of carboxylic acids is 1. The quantitative estimate of drug-likeness (QED) is 0.208. The number of benzene rings is 1. The molecular formula is C19H28BN3O8. The van der Waals surface area contributed by atoms with Gasteiger partial charge in [-0.2, -0.15) is 0 Å². The lowest BCUT2D eigenvalue weighted by Gasteiger charge is -2.42. The van der Waals surface area contributed by atoms with Gasteiger partial charge in [0.1, 0.15) is 28.7 Å². The van der Waals surface area contributed by atoms with Gasteiger partial charge in [-0.1, -0.05) is 6.07 Å². The maximum atomic E-state index is 12.1. The number of nitrogens with zero attached hydrogens (tertiary/aromatic N) is 1. The predicted octanol–water partition coefficient (Wildman–Crippen LogP) is -1.69. The average Bonchev–Trinajstić information content (AvgIpc) is 3.44. The van der Waals surface area contributed by atoms with Crippen molar-refractivity contribution in [2.45, 2.75) is 36.7 Å². The predicted molar refractivity (Wildman–Crippen MR) is 110 cm³/mol. The molecule has 1 aliphatic heterocycles. The van der Waals surface area contributed by atoms with Crippen LogP contribution in [-0.2, 0) is 4.79 Å². The number of nitrogens with one attached hydrogen (secondary N) is 1. The molecule has 170 valence electrons. The fourth-order valence-electron chi connectivity index (χ4n) is 3.91. The van der Waals surface area contributed by atoms with E-state index in [-0.39, 0.29) is 48.9 Å². The molecule has 0 bridgehead atoms. The van der Waals surface area contributed by atoms with Crippen LogP contribution >= 0.6 is 0 Å². The van der Waals surface area contributed by atoms with E-state index in [1.807, 2.05) is 4.90 Å². The normalized spacial score (nSPS) is 22.9. The van der Waals surface area contributed by atoms with Crippen molar-refractivity contribution in [3.05, 3.63) is 23.3 Å². The molecule has 3 rings (SSSR count). The Labute approximate surface area is 179 Å². The van der Waals surface area contributed by atoms with Gasteiger partial charge in [-0.15, -0.1) is 0 Å². The maximum Gasteiger partial charge on any atom is 0.455 e. The van der Waals surface area contributed by atoms with Gasteiger partial charge in [0, 0.05) is 32.0 Å². The summed E-state index contributed by atoms with van der Waals surface area (Å²) in [4.78, 5) is 25.7. The van der Waals surface area contributed by atoms with E-state index in [1.165, 1.54) is 6.07 Å². The van der Waals surface area contributed by atoms with E-state index in [2.05, 4.69) is 5.32 Å². The van der Waals surface area contributed by atoms with E-state index >= 15 is 0 Å². The number of aliphatic hydroxyl groups is 1. The minimum atomic E-state index is -1.52. The first-order valence-electron chi connectivity index (χ1n) is 10.1. The van der Waals surface area contributed by atoms with Crippen molar-refractivity contribution in [2.24, 2.45) is 5.73 Å². The summed E-state index contributed by atoms with van der Waals surface area (Å²) in [6.45, 7) is 2.62. The van der Waals surface area contributed by atoms with E-state index in [4.69, 9.17) is 15.6 Å². The summed E-state index contributed by atoms with van der Waals surface area (Å²) >= 11 is 0. The molecule has 0 unspecified atom stereocenters. The van der Waals surface area contributed by atoms with Crippen LogP contribution in [0.1, 0.15) is 35.2 Å². The Bertz CT molecular complexity index is 844. The van der Waals surface area contributed by atoms with Crippen LogP contribution in [-0.4, -0.2) is 93.7 Å². The first-order valence-corrected chi connectivity index (χ1v) is 10.1. The minimum Gasteiger partial charge on any atom is -0.507 e. The van der Waals surface area contributed by atoms with Crippen LogP contribution in [0.3, 0.4) is 0 Å². The van der Waals surface area contributed by atoms with Crippen molar-refractivity contribution in [1.29, 1.82) is 0 Å². The molecule has 1 aromatic carbocycles. The van der Waals surface area contributed by atoms with Gasteiger partial charge in [0.25, 0.3) is 0 Å². The standard InChI is InChI=1S/C19H28BN3O8/c1-19(21,18(28)22-4-5-24)9-23-7-10(8-23)31-14-3-2-11(12-6-13(12)20(29)30)16(25)15(14)17(26)27/h2-3,10,12-13,24-25,29-30H,4-9,21H2,1H3,(H,22,28)(H,26,27)/t12-,13-,19-/m1/s1. The van der Waals surface area contributed by atoms with Crippen molar-refractivity contribution in [3.8, 4) is 11.5 Å². The summed E-state index contributed by atoms with van der Waals surface area (Å²) in [5.41, 5.74) is 4.88. The SMILES string of the molecule is C[C@@](N)(CN1CC(Oc2ccc([C@H]3C[C@H]3B(O)O)c(O)c2C(=O)O)C1)C(=O)NCCO. The monoisotopic (exact) mass is 437 g/mol. The molecule has 2 fully saturated rings. The second-order valence-corrected chi connectivity index (χ2v) is 8.43. The molecule has 31 heavy (non-hydrogen) atoms. The van der Waals surface area contributed by atoms with Crippen LogP contribution in [0.5, 0.6) is 11.5 Å². The zero-order valence-corrected chi connectivity index (χ0v) is 17.2. The van der Waals surface area contributed by atoms with E-state index in [9.17, 15) is 29.9 Å². The lowest BCUT2D eigenvalue weighted by Crippen LogP contribution is -2.64. The third-order valence-corrected chi connectivity index (χ3v) is 5.69. The number of nitrogens with two attached hydrogens (primary N) is 1. The number of phenols is 1. The number of carbonyl (C=O) groups is 2. The Morgan fingerprint density at radius 2 is 2.03 bits per heavy atom. The third-order valence-electron chi connectivity index (χ3n) is 5.69. The fourth-order valence-corrected chi connectivity index (χ4v) is 3.91. The molecule has 1 aromatic rings. The zero-order valence-electron chi connectivity index (χ0n) is 17.2. The number of ether oxygens (including phenoxy) is 1. The van der Waals surface area contributed by atoms with Crippen molar-refractivity contribution >= 4 is 19.0 Å². The second-order valence-electron chi connectivity index (χ2n) is 8.43. The Kier molecular flexibility index (Phi) is 6.77. The van der Waals surface area contributed by atoms with Crippen LogP contribution in [0, 0.1) is 0 Å². The molecule has 11 nitrogen and oxygen atoms in total. The summed E-state index contributed by atoms with van der Waals surface area (Å²) in [5, 5.41) is 49.9. The Hall–Kier alpha value is -2.38. The van der Waals surface area contributed by atoms with Crippen molar-refractivity contribution < 1.29 is 39.7 Å². The highest BCUT2D eigenvalue weighted by atomic mass is 16.5. The topological polar surface area (TPSA) is 186 Å². The van der Waals surface area contributed by atoms with Gasteiger partial charge in [-0.25, -0.2) is 4.79 Å². The van der Waals surface area contributed by atoms with Crippen LogP contribution in [0.4, 0.5) is 0 Å². The second kappa shape index (κ2) is 9.01. The lowest BCUT2D eigenvalue weighted by molar-refractivity contribution is -0.127. The minimum absolute atomic E-state index is 0.0244. The molecule has 1 saturated carbocycles. The number of carboxylic acid groups (broad SMARTS) is 1. The van der Waals surface area contributed by atoms with Crippen LogP contribution in [0.2, 0.25) is 5.82 Å². The van der Waals surface area contributed by atoms with E-state index in [0.717, 1.165) is 0 Å². The summed E-state index contributed by atoms with van der Waals surface area (Å²) < 4.78 is 5.77. The van der Waals surface area contributed by atoms with Gasteiger partial charge in [0.05, 0.1) is 6.61 Å². The summed E-state index contributed by atoms with van der Waals surface area (Å²) in [6, 6.07) is 3.01. The highest BCUT2D eigenvalue weighted by Gasteiger charge is 2.48. The van der Waals surface area contributed by atoms with Crippen LogP contribution < -0.4 is 15.8 Å². The summed E-state index contributed by atoms with van der Waals surface area (Å²) in [7, 11) is -1.52. The Morgan fingerprint density at radius 1 is 1.35 bits per heavy atom. The molecule has 2 aliphatic rings. The summed E-state index contributed by atoms with van der Waals surface area (Å²) in [6.07, 6.45) is 0.110. The molecule has 0 aromatic heterocycles. The number of aliphatic hydroxyl groups excluding tert-OH is 1. The van der Waals surface area contributed by atoms with Gasteiger partial charge in [-0.05, 0) is 30.9 Å². The number of hydrogen-bond acceptors (Lipinski definition) is 9. The van der Waals surface area contributed by atoms with Gasteiger partial charge < -0.3 is 41.2 Å². The average molecular weight is 437 g/mol. The Morgan fingerprint density at radius 3 is 2.58 bits per heavy atom. The largest absolute Gasteiger partial charge is 0.507 e. The van der Waals surface area contributed by atoms with Crippen molar-refractivity contribution in [1.82, 2.24) is 10.2 Å². The molecule has 1 heterocycles. The number of aromatic hydroxyl groups is 1. The molecule has 0 radical (unpaired) electrons. The molecule has 1 aliphatic carbocycles. The molecule has 1 saturated heterocycles. The number of likely N-dealkylation sites (tertiary alicyclic amines) is 1. The first kappa shape index (κ1) is 23.3. The smallest absolute Gasteiger partial charge is 0.455 e. The van der Waals surface area contributed by atoms with E-state index < -0.39 is 30.2 Å². The number of aromatic carboxylic acids is 1. The van der Waals surface area contributed by atoms with E-state index in [0.29, 0.717) is 25.1 Å². The first-order chi connectivity index (χ1) is 14.5. The van der Waals surface area contributed by atoms with Gasteiger partial charge in [0.2, 0.25) is 5.91 Å². The van der Waals surface area contributed by atoms with E-state index in [1.54, 1.807) is 13.0 Å². The summed E-state index contributed by atoms with van der Waals surface area (Å²) in [5.74, 6) is -2.88. The van der Waals surface area contributed by atoms with Crippen LogP contribution in [0.15, 0.2) is 12.1 Å². The number of amides is 1. The zero-order chi connectivity index (χ0) is 22.9. The van der Waals surface area contributed by atoms with Gasteiger partial charge >= 0.3 is 13.1 Å². The highest BCUT2D eigenvalue weighted by Crippen LogP contribution is 2.56. The molecule has 12 heteroatoms. The lowest BCUT2D eigenvalue weighted by atomic mass is 9.81. The van der Waals surface area contributed by atoms with Crippen molar-refractivity contribution in [3.63, 3.8) is 0 Å². The third kappa shape index (κ3) is 5.10.